The summed E-state index contributed by atoms with van der Waals surface area (Å²) in [6, 6.07) is 13.9. The Bertz CT molecular complexity index is 552. The fourth-order valence-corrected chi connectivity index (χ4v) is 2.40. The van der Waals surface area contributed by atoms with Crippen LogP contribution in [0.15, 0.2) is 42.5 Å². The summed E-state index contributed by atoms with van der Waals surface area (Å²) in [7, 11) is 0. The van der Waals surface area contributed by atoms with Gasteiger partial charge in [-0.2, -0.15) is 0 Å². The molecule has 0 aliphatic rings. The number of hydrogen-bond acceptors (Lipinski definition) is 1. The molecule has 0 saturated carbocycles. The van der Waals surface area contributed by atoms with E-state index in [1.165, 1.54) is 0 Å². The standard InChI is InChI=1S/C16H17Cl2N/c1-2-9-19-11-13-10-12(7-8-15(13)17)14-5-3-4-6-16(14)18/h3-8,10,19H,2,9,11H2,1H3. The third-order valence-electron chi connectivity index (χ3n) is 2.97. The molecule has 0 aliphatic heterocycles. The lowest BCUT2D eigenvalue weighted by molar-refractivity contribution is 0.676. The van der Waals surface area contributed by atoms with Crippen molar-refractivity contribution in [3.8, 4) is 11.1 Å². The second-order valence-electron chi connectivity index (χ2n) is 4.46. The maximum absolute atomic E-state index is 6.23. The van der Waals surface area contributed by atoms with Crippen molar-refractivity contribution in [1.29, 1.82) is 0 Å². The van der Waals surface area contributed by atoms with Crippen molar-refractivity contribution < 1.29 is 0 Å². The summed E-state index contributed by atoms with van der Waals surface area (Å²) in [5.74, 6) is 0. The van der Waals surface area contributed by atoms with Crippen LogP contribution in [0, 0.1) is 0 Å². The third kappa shape index (κ3) is 3.73. The summed E-state index contributed by atoms with van der Waals surface area (Å²) in [5.41, 5.74) is 3.24. The normalized spacial score (nSPS) is 10.7. The molecule has 3 heteroatoms. The van der Waals surface area contributed by atoms with Gasteiger partial charge in [0.2, 0.25) is 0 Å². The maximum atomic E-state index is 6.23. The van der Waals surface area contributed by atoms with Gasteiger partial charge in [0.15, 0.2) is 0 Å². The molecule has 0 fully saturated rings. The van der Waals surface area contributed by atoms with E-state index >= 15 is 0 Å². The average molecular weight is 294 g/mol. The molecule has 19 heavy (non-hydrogen) atoms. The van der Waals surface area contributed by atoms with Crippen LogP contribution < -0.4 is 5.32 Å². The highest BCUT2D eigenvalue weighted by atomic mass is 35.5. The van der Waals surface area contributed by atoms with E-state index in [2.05, 4.69) is 18.3 Å². The van der Waals surface area contributed by atoms with Gasteiger partial charge in [0.1, 0.15) is 0 Å². The van der Waals surface area contributed by atoms with E-state index < -0.39 is 0 Å². The van der Waals surface area contributed by atoms with Gasteiger partial charge in [0.05, 0.1) is 0 Å². The van der Waals surface area contributed by atoms with Gasteiger partial charge in [-0.25, -0.2) is 0 Å². The van der Waals surface area contributed by atoms with Gasteiger partial charge in [-0.1, -0.05) is 54.4 Å². The van der Waals surface area contributed by atoms with E-state index in [1.807, 2.05) is 36.4 Å². The second-order valence-corrected chi connectivity index (χ2v) is 5.28. The van der Waals surface area contributed by atoms with Gasteiger partial charge in [-0.15, -0.1) is 0 Å². The van der Waals surface area contributed by atoms with Crippen LogP contribution in [0.25, 0.3) is 11.1 Å². The lowest BCUT2D eigenvalue weighted by atomic mass is 10.0. The van der Waals surface area contributed by atoms with Crippen molar-refractivity contribution in [3.63, 3.8) is 0 Å². The zero-order valence-corrected chi connectivity index (χ0v) is 12.4. The number of benzene rings is 2. The molecule has 0 radical (unpaired) electrons. The van der Waals surface area contributed by atoms with Crippen LogP contribution in [0.1, 0.15) is 18.9 Å². The van der Waals surface area contributed by atoms with Crippen molar-refractivity contribution in [1.82, 2.24) is 5.32 Å². The Balaban J connectivity index is 2.28. The highest BCUT2D eigenvalue weighted by Gasteiger charge is 2.06. The number of nitrogens with one attached hydrogen (secondary N) is 1. The predicted molar refractivity (Wildman–Crippen MR) is 83.9 cm³/mol. The summed E-state index contributed by atoms with van der Waals surface area (Å²) in [4.78, 5) is 0. The zero-order chi connectivity index (χ0) is 13.7. The topological polar surface area (TPSA) is 12.0 Å². The second kappa shape index (κ2) is 6.95. The van der Waals surface area contributed by atoms with Crippen molar-refractivity contribution >= 4 is 23.2 Å². The van der Waals surface area contributed by atoms with Crippen molar-refractivity contribution in [2.75, 3.05) is 6.54 Å². The van der Waals surface area contributed by atoms with Gasteiger partial charge in [0, 0.05) is 22.2 Å². The average Bonchev–Trinajstić information content (AvgIpc) is 2.42. The minimum Gasteiger partial charge on any atom is -0.313 e. The first-order chi connectivity index (χ1) is 9.22. The molecule has 0 aliphatic carbocycles. The van der Waals surface area contributed by atoms with Crippen LogP contribution in [0.5, 0.6) is 0 Å². The quantitative estimate of drug-likeness (QED) is 0.751. The molecule has 2 aromatic carbocycles. The Labute approximate surface area is 124 Å². The lowest BCUT2D eigenvalue weighted by Gasteiger charge is -2.10. The van der Waals surface area contributed by atoms with Crippen molar-refractivity contribution in [2.45, 2.75) is 19.9 Å². The largest absolute Gasteiger partial charge is 0.313 e. The molecule has 0 bridgehead atoms. The van der Waals surface area contributed by atoms with E-state index in [-0.39, 0.29) is 0 Å². The third-order valence-corrected chi connectivity index (χ3v) is 3.67. The SMILES string of the molecule is CCCNCc1cc(-c2ccccc2Cl)ccc1Cl. The molecule has 0 unspecified atom stereocenters. The molecule has 2 aromatic rings. The Kier molecular flexibility index (Phi) is 5.26. The van der Waals surface area contributed by atoms with Gasteiger partial charge in [-0.3, -0.25) is 0 Å². The van der Waals surface area contributed by atoms with Crippen LogP contribution in [-0.2, 0) is 6.54 Å². The Morgan fingerprint density at radius 1 is 1.00 bits per heavy atom. The summed E-state index contributed by atoms with van der Waals surface area (Å²) in [6.45, 7) is 3.92. The molecule has 0 amide bonds. The minimum atomic E-state index is 0.761. The Morgan fingerprint density at radius 2 is 1.79 bits per heavy atom. The summed E-state index contributed by atoms with van der Waals surface area (Å²) in [6.07, 6.45) is 1.11. The van der Waals surface area contributed by atoms with Gasteiger partial charge in [0.25, 0.3) is 0 Å². The summed E-state index contributed by atoms with van der Waals surface area (Å²) >= 11 is 12.5. The lowest BCUT2D eigenvalue weighted by Crippen LogP contribution is -2.14. The minimum absolute atomic E-state index is 0.761. The van der Waals surface area contributed by atoms with Gasteiger partial charge >= 0.3 is 0 Å². The fourth-order valence-electron chi connectivity index (χ4n) is 1.97. The Hall–Kier alpha value is -1.02. The molecule has 0 saturated heterocycles. The van der Waals surface area contributed by atoms with Crippen LogP contribution in [0.3, 0.4) is 0 Å². The van der Waals surface area contributed by atoms with Gasteiger partial charge < -0.3 is 5.32 Å². The molecule has 2 rings (SSSR count). The maximum Gasteiger partial charge on any atom is 0.0484 e. The van der Waals surface area contributed by atoms with Crippen LogP contribution >= 0.6 is 23.2 Å². The van der Waals surface area contributed by atoms with Crippen molar-refractivity contribution in [3.05, 3.63) is 58.1 Å². The first-order valence-electron chi connectivity index (χ1n) is 6.46. The molecule has 0 aromatic heterocycles. The Morgan fingerprint density at radius 3 is 2.53 bits per heavy atom. The smallest absolute Gasteiger partial charge is 0.0484 e. The molecule has 1 N–H and O–H groups in total. The predicted octanol–water partition coefficient (Wildman–Crippen LogP) is 5.16. The zero-order valence-electron chi connectivity index (χ0n) is 10.9. The number of halogens is 2. The summed E-state index contributed by atoms with van der Waals surface area (Å²) < 4.78 is 0. The molecule has 0 spiro atoms. The fraction of sp³-hybridized carbons (Fsp3) is 0.250. The van der Waals surface area contributed by atoms with E-state index in [0.29, 0.717) is 0 Å². The summed E-state index contributed by atoms with van der Waals surface area (Å²) in [5, 5.41) is 4.92. The number of rotatable bonds is 5. The molecule has 0 atom stereocenters. The molecule has 0 heterocycles. The first kappa shape index (κ1) is 14.4. The molecule has 1 nitrogen and oxygen atoms in total. The molecular formula is C16H17Cl2N. The van der Waals surface area contributed by atoms with Crippen LogP contribution in [-0.4, -0.2) is 6.54 Å². The highest BCUT2D eigenvalue weighted by Crippen LogP contribution is 2.30. The van der Waals surface area contributed by atoms with Gasteiger partial charge in [-0.05, 0) is 42.3 Å². The molecule has 100 valence electrons. The van der Waals surface area contributed by atoms with Crippen LogP contribution in [0.4, 0.5) is 0 Å². The van der Waals surface area contributed by atoms with E-state index in [4.69, 9.17) is 23.2 Å². The van der Waals surface area contributed by atoms with E-state index in [9.17, 15) is 0 Å². The highest BCUT2D eigenvalue weighted by molar-refractivity contribution is 6.33. The van der Waals surface area contributed by atoms with Crippen LogP contribution in [0.2, 0.25) is 10.0 Å². The monoisotopic (exact) mass is 293 g/mol. The molecular weight excluding hydrogens is 277 g/mol. The number of hydrogen-bond donors (Lipinski definition) is 1. The van der Waals surface area contributed by atoms with E-state index in [1.54, 1.807) is 0 Å². The van der Waals surface area contributed by atoms with Crippen molar-refractivity contribution in [2.24, 2.45) is 0 Å². The van der Waals surface area contributed by atoms with E-state index in [0.717, 1.165) is 46.2 Å². The first-order valence-corrected chi connectivity index (χ1v) is 7.22.